The van der Waals surface area contributed by atoms with E-state index in [-0.39, 0.29) is 16.5 Å². The third-order valence-corrected chi connectivity index (χ3v) is 3.69. The molecule has 1 atom stereocenters. The van der Waals surface area contributed by atoms with Gasteiger partial charge >= 0.3 is 0 Å². The number of rotatable bonds is 0. The standard InChI is InChI=1S/C11H12ClN3O2/c12-7-2-3-8-9(16)14-11(15(8)10(7)17)4-1-5-13-6-11/h2-3,13H,1,4-6H2,(H,14,16). The van der Waals surface area contributed by atoms with Gasteiger partial charge in [-0.1, -0.05) is 11.6 Å². The lowest BCUT2D eigenvalue weighted by molar-refractivity contribution is 0.0892. The average molecular weight is 254 g/mol. The highest BCUT2D eigenvalue weighted by molar-refractivity contribution is 6.30. The van der Waals surface area contributed by atoms with E-state index in [0.29, 0.717) is 12.2 Å². The Kier molecular flexibility index (Phi) is 2.27. The summed E-state index contributed by atoms with van der Waals surface area (Å²) in [6.07, 6.45) is 1.66. The Balaban J connectivity index is 2.23. The van der Waals surface area contributed by atoms with Gasteiger partial charge in [-0.05, 0) is 31.5 Å². The van der Waals surface area contributed by atoms with Crippen LogP contribution in [-0.2, 0) is 5.66 Å². The summed E-state index contributed by atoms with van der Waals surface area (Å²) < 4.78 is 1.50. The van der Waals surface area contributed by atoms with Gasteiger partial charge in [-0.25, -0.2) is 0 Å². The zero-order chi connectivity index (χ0) is 12.0. The van der Waals surface area contributed by atoms with Crippen LogP contribution in [0, 0.1) is 0 Å². The molecular formula is C11H12ClN3O2. The van der Waals surface area contributed by atoms with Crippen molar-refractivity contribution in [3.63, 3.8) is 0 Å². The van der Waals surface area contributed by atoms with E-state index in [1.165, 1.54) is 10.6 Å². The maximum atomic E-state index is 12.1. The van der Waals surface area contributed by atoms with E-state index < -0.39 is 5.66 Å². The van der Waals surface area contributed by atoms with E-state index in [2.05, 4.69) is 10.6 Å². The summed E-state index contributed by atoms with van der Waals surface area (Å²) in [6, 6.07) is 3.08. The summed E-state index contributed by atoms with van der Waals surface area (Å²) in [6.45, 7) is 1.47. The summed E-state index contributed by atoms with van der Waals surface area (Å²) >= 11 is 5.85. The minimum Gasteiger partial charge on any atom is -0.326 e. The Bertz CT molecular complexity index is 546. The van der Waals surface area contributed by atoms with Crippen LogP contribution in [0.1, 0.15) is 23.3 Å². The Morgan fingerprint density at radius 1 is 1.35 bits per heavy atom. The molecule has 5 nitrogen and oxygen atoms in total. The van der Waals surface area contributed by atoms with E-state index >= 15 is 0 Å². The molecule has 1 unspecified atom stereocenters. The van der Waals surface area contributed by atoms with Gasteiger partial charge in [-0.3, -0.25) is 14.2 Å². The number of piperidine rings is 1. The van der Waals surface area contributed by atoms with Crippen LogP contribution in [0.2, 0.25) is 5.02 Å². The lowest BCUT2D eigenvalue weighted by Crippen LogP contribution is -2.56. The monoisotopic (exact) mass is 253 g/mol. The minimum atomic E-state index is -0.632. The maximum absolute atomic E-state index is 12.1. The third-order valence-electron chi connectivity index (χ3n) is 3.40. The number of nitrogens with one attached hydrogen (secondary N) is 2. The van der Waals surface area contributed by atoms with Crippen LogP contribution >= 0.6 is 11.6 Å². The van der Waals surface area contributed by atoms with Crippen LogP contribution in [-0.4, -0.2) is 23.6 Å². The fourth-order valence-corrected chi connectivity index (χ4v) is 2.78. The molecule has 0 saturated carbocycles. The molecule has 2 N–H and O–H groups in total. The first-order chi connectivity index (χ1) is 8.14. The molecule has 1 amide bonds. The Morgan fingerprint density at radius 2 is 2.18 bits per heavy atom. The third kappa shape index (κ3) is 1.42. The van der Waals surface area contributed by atoms with Crippen molar-refractivity contribution in [2.75, 3.05) is 13.1 Å². The highest BCUT2D eigenvalue weighted by Gasteiger charge is 2.44. The molecule has 1 spiro atoms. The van der Waals surface area contributed by atoms with E-state index in [9.17, 15) is 9.59 Å². The summed E-state index contributed by atoms with van der Waals surface area (Å²) in [5.74, 6) is -0.206. The Labute approximate surface area is 103 Å². The van der Waals surface area contributed by atoms with Gasteiger partial charge in [0.15, 0.2) is 0 Å². The van der Waals surface area contributed by atoms with Crippen molar-refractivity contribution in [3.8, 4) is 0 Å². The molecule has 3 rings (SSSR count). The lowest BCUT2D eigenvalue weighted by Gasteiger charge is -2.35. The van der Waals surface area contributed by atoms with Gasteiger partial charge in [0.2, 0.25) is 0 Å². The van der Waals surface area contributed by atoms with Gasteiger partial charge in [0.1, 0.15) is 16.4 Å². The number of aromatic nitrogens is 1. The van der Waals surface area contributed by atoms with E-state index in [4.69, 9.17) is 11.6 Å². The topological polar surface area (TPSA) is 63.1 Å². The molecule has 2 aliphatic rings. The van der Waals surface area contributed by atoms with E-state index in [1.54, 1.807) is 6.07 Å². The molecule has 17 heavy (non-hydrogen) atoms. The molecule has 2 aliphatic heterocycles. The molecule has 6 heteroatoms. The van der Waals surface area contributed by atoms with Crippen molar-refractivity contribution in [3.05, 3.63) is 33.2 Å². The van der Waals surface area contributed by atoms with Crippen molar-refractivity contribution in [1.29, 1.82) is 0 Å². The number of carbonyl (C=O) groups is 1. The van der Waals surface area contributed by atoms with Gasteiger partial charge in [0.05, 0.1) is 0 Å². The van der Waals surface area contributed by atoms with E-state index in [1.807, 2.05) is 0 Å². The number of amides is 1. The molecule has 1 aromatic heterocycles. The number of nitrogens with zero attached hydrogens (tertiary/aromatic N) is 1. The van der Waals surface area contributed by atoms with Gasteiger partial charge in [-0.15, -0.1) is 0 Å². The highest BCUT2D eigenvalue weighted by Crippen LogP contribution is 2.28. The number of hydrogen-bond donors (Lipinski definition) is 2. The smallest absolute Gasteiger partial charge is 0.271 e. The predicted octanol–water partition coefficient (Wildman–Crippen LogP) is 0.281. The first-order valence-corrected chi connectivity index (χ1v) is 5.97. The number of pyridine rings is 1. The summed E-state index contributed by atoms with van der Waals surface area (Å²) in [7, 11) is 0. The molecule has 1 saturated heterocycles. The fourth-order valence-electron chi connectivity index (χ4n) is 2.63. The lowest BCUT2D eigenvalue weighted by atomic mass is 10.0. The van der Waals surface area contributed by atoms with Gasteiger partial charge in [0, 0.05) is 6.54 Å². The molecule has 1 fully saturated rings. The number of halogens is 1. The van der Waals surface area contributed by atoms with Crippen LogP contribution in [0.5, 0.6) is 0 Å². The quantitative estimate of drug-likeness (QED) is 0.698. The summed E-state index contributed by atoms with van der Waals surface area (Å²) in [5.41, 5.74) is -0.540. The number of hydrogen-bond acceptors (Lipinski definition) is 3. The van der Waals surface area contributed by atoms with Crippen LogP contribution in [0.25, 0.3) is 0 Å². The Hall–Kier alpha value is -1.33. The molecule has 0 bridgehead atoms. The van der Waals surface area contributed by atoms with Crippen LogP contribution in [0.4, 0.5) is 0 Å². The molecule has 1 aromatic rings. The zero-order valence-electron chi connectivity index (χ0n) is 9.12. The molecule has 0 aromatic carbocycles. The number of fused-ring (bicyclic) bond motifs is 2. The van der Waals surface area contributed by atoms with Crippen molar-refractivity contribution in [1.82, 2.24) is 15.2 Å². The number of carbonyl (C=O) groups excluding carboxylic acids is 1. The normalized spacial score (nSPS) is 27.0. The summed E-state index contributed by atoms with van der Waals surface area (Å²) in [5, 5.41) is 6.26. The van der Waals surface area contributed by atoms with E-state index in [0.717, 1.165) is 19.4 Å². The Morgan fingerprint density at radius 3 is 2.88 bits per heavy atom. The average Bonchev–Trinajstić information content (AvgIpc) is 2.58. The highest BCUT2D eigenvalue weighted by atomic mass is 35.5. The first-order valence-electron chi connectivity index (χ1n) is 5.59. The fraction of sp³-hybridized carbons (Fsp3) is 0.455. The van der Waals surface area contributed by atoms with Crippen molar-refractivity contribution in [2.45, 2.75) is 18.5 Å². The SMILES string of the molecule is O=C1NC2(CCCNC2)n2c1ccc(Cl)c2=O. The van der Waals surface area contributed by atoms with Gasteiger partial charge in [-0.2, -0.15) is 0 Å². The second-order valence-corrected chi connectivity index (χ2v) is 4.88. The molecule has 0 radical (unpaired) electrons. The zero-order valence-corrected chi connectivity index (χ0v) is 9.88. The van der Waals surface area contributed by atoms with Crippen molar-refractivity contribution >= 4 is 17.5 Å². The largest absolute Gasteiger partial charge is 0.326 e. The first kappa shape index (κ1) is 10.8. The van der Waals surface area contributed by atoms with Crippen LogP contribution < -0.4 is 16.2 Å². The molecule has 3 heterocycles. The second-order valence-electron chi connectivity index (χ2n) is 4.47. The molecular weight excluding hydrogens is 242 g/mol. The molecule has 0 aliphatic carbocycles. The van der Waals surface area contributed by atoms with Gasteiger partial charge in [0.25, 0.3) is 11.5 Å². The predicted molar refractivity (Wildman–Crippen MR) is 63.3 cm³/mol. The minimum absolute atomic E-state index is 0.148. The van der Waals surface area contributed by atoms with Crippen LogP contribution in [0.3, 0.4) is 0 Å². The summed E-state index contributed by atoms with van der Waals surface area (Å²) in [4.78, 5) is 24.0. The van der Waals surface area contributed by atoms with Crippen molar-refractivity contribution in [2.24, 2.45) is 0 Å². The second kappa shape index (κ2) is 3.58. The van der Waals surface area contributed by atoms with Gasteiger partial charge < -0.3 is 10.6 Å². The molecule has 90 valence electrons. The maximum Gasteiger partial charge on any atom is 0.271 e. The van der Waals surface area contributed by atoms with Crippen LogP contribution in [0.15, 0.2) is 16.9 Å². The van der Waals surface area contributed by atoms with Crippen molar-refractivity contribution < 1.29 is 4.79 Å².